The van der Waals surface area contributed by atoms with Gasteiger partial charge in [0.05, 0.1) is 11.7 Å². The van der Waals surface area contributed by atoms with Crippen LogP contribution in [-0.2, 0) is 12.8 Å². The Labute approximate surface area is 119 Å². The van der Waals surface area contributed by atoms with Gasteiger partial charge in [0, 0.05) is 16.8 Å². The number of aryl methyl sites for hydroxylation is 1. The van der Waals surface area contributed by atoms with Gasteiger partial charge in [-0.2, -0.15) is 0 Å². The van der Waals surface area contributed by atoms with E-state index in [9.17, 15) is 9.90 Å². The highest BCUT2D eigenvalue weighted by atomic mass is 32.1. The number of thiophene rings is 1. The van der Waals surface area contributed by atoms with Crippen molar-refractivity contribution in [1.29, 1.82) is 0 Å². The Morgan fingerprint density at radius 1 is 1.47 bits per heavy atom. The predicted octanol–water partition coefficient (Wildman–Crippen LogP) is 2.76. The van der Waals surface area contributed by atoms with Gasteiger partial charge in [0.1, 0.15) is 0 Å². The van der Waals surface area contributed by atoms with Crippen molar-refractivity contribution in [2.45, 2.75) is 52.1 Å². The van der Waals surface area contributed by atoms with E-state index in [-0.39, 0.29) is 11.8 Å². The van der Waals surface area contributed by atoms with Crippen LogP contribution in [0.1, 0.15) is 53.9 Å². The number of hydrogen-bond acceptors (Lipinski definition) is 3. The molecule has 0 bridgehead atoms. The lowest BCUT2D eigenvalue weighted by atomic mass is 9.95. The second-order valence-corrected chi connectivity index (χ2v) is 6.39. The second-order valence-electron chi connectivity index (χ2n) is 5.42. The Morgan fingerprint density at radius 2 is 2.21 bits per heavy atom. The van der Waals surface area contributed by atoms with Crippen LogP contribution in [0.15, 0.2) is 5.38 Å². The number of rotatable bonds is 5. The molecule has 4 heteroatoms. The van der Waals surface area contributed by atoms with Gasteiger partial charge in [-0.15, -0.1) is 11.3 Å². The molecular weight excluding hydrogens is 258 g/mol. The first-order valence-electron chi connectivity index (χ1n) is 7.19. The largest absolute Gasteiger partial charge is 0.391 e. The zero-order valence-electron chi connectivity index (χ0n) is 11.7. The van der Waals surface area contributed by atoms with Gasteiger partial charge in [-0.1, -0.05) is 20.3 Å². The average Bonchev–Trinajstić information content (AvgIpc) is 2.87. The third kappa shape index (κ3) is 3.37. The fourth-order valence-corrected chi connectivity index (χ4v) is 3.58. The molecule has 2 atom stereocenters. The number of amides is 1. The van der Waals surface area contributed by atoms with Crippen molar-refractivity contribution < 1.29 is 9.90 Å². The molecular formula is C15H23NO2S. The number of carbonyl (C=O) groups is 1. The standard InChI is InChI=1S/C15H23NO2S/c1-3-10(2)13(17)8-16-15(18)12-9-19-14-7-5-4-6-11(12)14/h9-10,13,17H,3-8H2,1-2H3,(H,16,18). The van der Waals surface area contributed by atoms with Gasteiger partial charge in [-0.3, -0.25) is 4.79 Å². The summed E-state index contributed by atoms with van der Waals surface area (Å²) < 4.78 is 0. The molecule has 0 aliphatic heterocycles. The van der Waals surface area contributed by atoms with Crippen molar-refractivity contribution in [2.24, 2.45) is 5.92 Å². The van der Waals surface area contributed by atoms with Crippen molar-refractivity contribution in [3.63, 3.8) is 0 Å². The van der Waals surface area contributed by atoms with E-state index < -0.39 is 6.10 Å². The molecule has 1 aliphatic rings. The van der Waals surface area contributed by atoms with Gasteiger partial charge < -0.3 is 10.4 Å². The lowest BCUT2D eigenvalue weighted by Crippen LogP contribution is -2.35. The maximum Gasteiger partial charge on any atom is 0.252 e. The molecule has 0 radical (unpaired) electrons. The molecule has 1 aromatic rings. The Hall–Kier alpha value is -0.870. The van der Waals surface area contributed by atoms with Gasteiger partial charge in [0.15, 0.2) is 0 Å². The monoisotopic (exact) mass is 281 g/mol. The van der Waals surface area contributed by atoms with Crippen LogP contribution in [0.3, 0.4) is 0 Å². The van der Waals surface area contributed by atoms with E-state index in [4.69, 9.17) is 0 Å². The molecule has 0 fully saturated rings. The predicted molar refractivity (Wildman–Crippen MR) is 78.8 cm³/mol. The summed E-state index contributed by atoms with van der Waals surface area (Å²) in [7, 11) is 0. The van der Waals surface area contributed by atoms with Crippen molar-refractivity contribution in [2.75, 3.05) is 6.54 Å². The molecule has 2 rings (SSSR count). The van der Waals surface area contributed by atoms with Gasteiger partial charge in [-0.25, -0.2) is 0 Å². The van der Waals surface area contributed by atoms with E-state index in [1.54, 1.807) is 11.3 Å². The van der Waals surface area contributed by atoms with Crippen LogP contribution in [0.2, 0.25) is 0 Å². The van der Waals surface area contributed by atoms with Crippen LogP contribution >= 0.6 is 11.3 Å². The van der Waals surface area contributed by atoms with Crippen molar-refractivity contribution >= 4 is 17.2 Å². The van der Waals surface area contributed by atoms with Crippen molar-refractivity contribution in [3.05, 3.63) is 21.4 Å². The van der Waals surface area contributed by atoms with Crippen molar-refractivity contribution in [3.8, 4) is 0 Å². The Bertz CT molecular complexity index is 441. The van der Waals surface area contributed by atoms with Crippen LogP contribution < -0.4 is 5.32 Å². The van der Waals surface area contributed by atoms with Crippen LogP contribution in [0, 0.1) is 5.92 Å². The first-order valence-corrected chi connectivity index (χ1v) is 8.07. The SMILES string of the molecule is CCC(C)C(O)CNC(=O)c1csc2c1CCCC2. The molecule has 1 aliphatic carbocycles. The Morgan fingerprint density at radius 3 is 2.95 bits per heavy atom. The fourth-order valence-electron chi connectivity index (χ4n) is 2.45. The highest BCUT2D eigenvalue weighted by Crippen LogP contribution is 2.30. The summed E-state index contributed by atoms with van der Waals surface area (Å²) in [4.78, 5) is 13.6. The minimum atomic E-state index is -0.455. The summed E-state index contributed by atoms with van der Waals surface area (Å²) in [5.74, 6) is 0.193. The van der Waals surface area contributed by atoms with E-state index in [1.165, 1.54) is 23.3 Å². The zero-order valence-corrected chi connectivity index (χ0v) is 12.6. The highest BCUT2D eigenvalue weighted by molar-refractivity contribution is 7.10. The third-order valence-electron chi connectivity index (χ3n) is 4.08. The van der Waals surface area contributed by atoms with Crippen molar-refractivity contribution in [1.82, 2.24) is 5.32 Å². The fraction of sp³-hybridized carbons (Fsp3) is 0.667. The summed E-state index contributed by atoms with van der Waals surface area (Å²) >= 11 is 1.70. The summed E-state index contributed by atoms with van der Waals surface area (Å²) in [5, 5.41) is 14.7. The first-order chi connectivity index (χ1) is 9.13. The molecule has 1 amide bonds. The number of fused-ring (bicyclic) bond motifs is 1. The molecule has 0 saturated carbocycles. The van der Waals surface area contributed by atoms with E-state index in [2.05, 4.69) is 5.32 Å². The molecule has 106 valence electrons. The molecule has 0 spiro atoms. The zero-order chi connectivity index (χ0) is 13.8. The minimum Gasteiger partial charge on any atom is -0.391 e. The maximum atomic E-state index is 12.2. The molecule has 2 unspecified atom stereocenters. The summed E-state index contributed by atoms with van der Waals surface area (Å²) in [6.45, 7) is 4.40. The summed E-state index contributed by atoms with van der Waals surface area (Å²) in [6.07, 6.45) is 5.02. The highest BCUT2D eigenvalue weighted by Gasteiger charge is 2.21. The molecule has 19 heavy (non-hydrogen) atoms. The summed E-state index contributed by atoms with van der Waals surface area (Å²) in [5.41, 5.74) is 2.07. The lowest BCUT2D eigenvalue weighted by molar-refractivity contribution is 0.0849. The van der Waals surface area contributed by atoms with Crippen LogP contribution in [0.25, 0.3) is 0 Å². The lowest BCUT2D eigenvalue weighted by Gasteiger charge is -2.18. The number of nitrogens with one attached hydrogen (secondary N) is 1. The topological polar surface area (TPSA) is 49.3 Å². The quantitative estimate of drug-likeness (QED) is 0.872. The normalized spacial score (nSPS) is 17.6. The number of aliphatic hydroxyl groups is 1. The molecule has 1 aromatic heterocycles. The van der Waals surface area contributed by atoms with Gasteiger partial charge in [0.25, 0.3) is 5.91 Å². The van der Waals surface area contributed by atoms with Gasteiger partial charge >= 0.3 is 0 Å². The first kappa shape index (κ1) is 14.5. The van der Waals surface area contributed by atoms with Gasteiger partial charge in [0.2, 0.25) is 0 Å². The summed E-state index contributed by atoms with van der Waals surface area (Å²) in [6, 6.07) is 0. The van der Waals surface area contributed by atoms with Crippen LogP contribution in [0.5, 0.6) is 0 Å². The molecule has 2 N–H and O–H groups in total. The van der Waals surface area contributed by atoms with E-state index in [1.807, 2.05) is 19.2 Å². The molecule has 3 nitrogen and oxygen atoms in total. The number of hydrogen-bond donors (Lipinski definition) is 2. The van der Waals surface area contributed by atoms with Crippen LogP contribution in [0.4, 0.5) is 0 Å². The Balaban J connectivity index is 1.95. The third-order valence-corrected chi connectivity index (χ3v) is 5.17. The van der Waals surface area contributed by atoms with E-state index in [0.717, 1.165) is 24.8 Å². The van der Waals surface area contributed by atoms with E-state index in [0.29, 0.717) is 6.54 Å². The van der Waals surface area contributed by atoms with Gasteiger partial charge in [-0.05, 0) is 37.2 Å². The molecule has 0 saturated heterocycles. The molecule has 0 aromatic carbocycles. The average molecular weight is 281 g/mol. The Kier molecular flexibility index (Phi) is 4.99. The minimum absolute atomic E-state index is 0.0262. The number of aliphatic hydroxyl groups excluding tert-OH is 1. The van der Waals surface area contributed by atoms with E-state index >= 15 is 0 Å². The second kappa shape index (κ2) is 6.53. The smallest absolute Gasteiger partial charge is 0.252 e. The maximum absolute atomic E-state index is 12.2. The van der Waals surface area contributed by atoms with Crippen LogP contribution in [-0.4, -0.2) is 23.7 Å². The molecule has 1 heterocycles. The number of carbonyl (C=O) groups excluding carboxylic acids is 1.